The molecule has 1 rings (SSSR count). The quantitative estimate of drug-likeness (QED) is 0.602. The molecule has 106 valence electrons. The molecule has 0 spiro atoms. The van der Waals surface area contributed by atoms with Crippen LogP contribution in [0.1, 0.15) is 20.8 Å². The molecule has 0 aromatic carbocycles. The average molecular weight is 272 g/mol. The number of esters is 2. The highest BCUT2D eigenvalue weighted by atomic mass is 16.6. The number of rotatable bonds is 4. The molecule has 1 aliphatic rings. The van der Waals surface area contributed by atoms with Gasteiger partial charge in [-0.15, -0.1) is 0 Å². The van der Waals surface area contributed by atoms with Crippen LogP contribution in [0, 0.1) is 0 Å². The Morgan fingerprint density at radius 3 is 2.21 bits per heavy atom. The minimum Gasteiger partial charge on any atom is -0.462 e. The van der Waals surface area contributed by atoms with Crippen molar-refractivity contribution in [3.8, 4) is 0 Å². The van der Waals surface area contributed by atoms with Gasteiger partial charge in [-0.2, -0.15) is 0 Å². The molecule has 8 nitrogen and oxygen atoms in total. The number of carbonyl (C=O) groups excluding carboxylic acids is 4. The number of hydrogen-bond acceptors (Lipinski definition) is 6. The van der Waals surface area contributed by atoms with Crippen LogP contribution in [-0.2, 0) is 28.7 Å². The maximum Gasteiger partial charge on any atom is 0.331 e. The minimum absolute atomic E-state index is 0.178. The first kappa shape index (κ1) is 14.9. The number of cyclic esters (lactones) is 1. The van der Waals surface area contributed by atoms with E-state index in [0.717, 1.165) is 0 Å². The zero-order valence-electron chi connectivity index (χ0n) is 10.9. The first-order chi connectivity index (χ1) is 8.81. The van der Waals surface area contributed by atoms with E-state index in [-0.39, 0.29) is 12.5 Å². The van der Waals surface area contributed by atoms with E-state index >= 15 is 0 Å². The first-order valence-corrected chi connectivity index (χ1v) is 5.69. The van der Waals surface area contributed by atoms with Crippen molar-refractivity contribution in [2.75, 3.05) is 6.61 Å². The predicted molar refractivity (Wildman–Crippen MR) is 61.7 cm³/mol. The zero-order chi connectivity index (χ0) is 14.6. The van der Waals surface area contributed by atoms with E-state index in [1.807, 2.05) is 0 Å². The lowest BCUT2D eigenvalue weighted by atomic mass is 10.1. The maximum atomic E-state index is 11.6. The Bertz CT molecular complexity index is 408. The third-order valence-corrected chi connectivity index (χ3v) is 2.46. The third kappa shape index (κ3) is 4.23. The van der Waals surface area contributed by atoms with Crippen molar-refractivity contribution in [3.63, 3.8) is 0 Å². The normalized spacial score (nSPS) is 25.4. The van der Waals surface area contributed by atoms with Gasteiger partial charge < -0.3 is 20.1 Å². The lowest BCUT2D eigenvalue weighted by molar-refractivity contribution is -0.152. The van der Waals surface area contributed by atoms with Crippen molar-refractivity contribution >= 4 is 23.8 Å². The first-order valence-electron chi connectivity index (χ1n) is 5.69. The molecular formula is C11H16N2O6. The summed E-state index contributed by atoms with van der Waals surface area (Å²) < 4.78 is 9.75. The Morgan fingerprint density at radius 2 is 1.74 bits per heavy atom. The van der Waals surface area contributed by atoms with E-state index in [1.54, 1.807) is 0 Å². The van der Waals surface area contributed by atoms with Gasteiger partial charge in [0.2, 0.25) is 11.8 Å². The SMILES string of the molecule is CC(=O)N[C@@H]1[C@H](NC(C)=O)C(=O)O[C@@H]1COC(C)=O. The van der Waals surface area contributed by atoms with Crippen LogP contribution in [0.4, 0.5) is 0 Å². The van der Waals surface area contributed by atoms with E-state index in [0.29, 0.717) is 0 Å². The number of hydrogen-bond donors (Lipinski definition) is 2. The van der Waals surface area contributed by atoms with Gasteiger partial charge in [0.1, 0.15) is 12.6 Å². The van der Waals surface area contributed by atoms with Gasteiger partial charge in [0.15, 0.2) is 12.1 Å². The molecule has 0 aromatic heterocycles. The number of amides is 2. The van der Waals surface area contributed by atoms with Crippen LogP contribution in [0.15, 0.2) is 0 Å². The van der Waals surface area contributed by atoms with Crippen molar-refractivity contribution in [1.29, 1.82) is 0 Å². The second-order valence-electron chi connectivity index (χ2n) is 4.18. The fraction of sp³-hybridized carbons (Fsp3) is 0.636. The van der Waals surface area contributed by atoms with Gasteiger partial charge in [-0.05, 0) is 0 Å². The van der Waals surface area contributed by atoms with E-state index < -0.39 is 36.0 Å². The molecule has 19 heavy (non-hydrogen) atoms. The lowest BCUT2D eigenvalue weighted by Crippen LogP contribution is -2.54. The third-order valence-electron chi connectivity index (χ3n) is 2.46. The molecular weight excluding hydrogens is 256 g/mol. The second kappa shape index (κ2) is 6.17. The smallest absolute Gasteiger partial charge is 0.331 e. The summed E-state index contributed by atoms with van der Waals surface area (Å²) in [5.74, 6) is -2.01. The molecule has 2 amide bonds. The summed E-state index contributed by atoms with van der Waals surface area (Å²) in [6.07, 6.45) is -0.822. The average Bonchev–Trinajstić information content (AvgIpc) is 2.53. The molecule has 0 bridgehead atoms. The van der Waals surface area contributed by atoms with Gasteiger partial charge in [-0.1, -0.05) is 0 Å². The van der Waals surface area contributed by atoms with E-state index in [9.17, 15) is 19.2 Å². The molecule has 2 N–H and O–H groups in total. The maximum absolute atomic E-state index is 11.6. The van der Waals surface area contributed by atoms with E-state index in [2.05, 4.69) is 10.6 Å². The van der Waals surface area contributed by atoms with Gasteiger partial charge in [0.25, 0.3) is 0 Å². The molecule has 1 saturated heterocycles. The highest BCUT2D eigenvalue weighted by molar-refractivity contribution is 5.87. The number of nitrogens with one attached hydrogen (secondary N) is 2. The van der Waals surface area contributed by atoms with Crippen molar-refractivity contribution in [1.82, 2.24) is 10.6 Å². The molecule has 0 aliphatic carbocycles. The summed E-state index contributed by atoms with van der Waals surface area (Å²) in [5, 5.41) is 4.91. The van der Waals surface area contributed by atoms with Gasteiger partial charge in [-0.25, -0.2) is 4.79 Å². The van der Waals surface area contributed by atoms with E-state index in [1.165, 1.54) is 20.8 Å². The molecule has 0 saturated carbocycles. The Morgan fingerprint density at radius 1 is 1.16 bits per heavy atom. The zero-order valence-corrected chi connectivity index (χ0v) is 10.9. The molecule has 8 heteroatoms. The van der Waals surface area contributed by atoms with Crippen LogP contribution in [-0.4, -0.2) is 48.5 Å². The van der Waals surface area contributed by atoms with E-state index in [4.69, 9.17) is 9.47 Å². The van der Waals surface area contributed by atoms with Crippen LogP contribution < -0.4 is 10.6 Å². The topological polar surface area (TPSA) is 111 Å². The van der Waals surface area contributed by atoms with Gasteiger partial charge in [-0.3, -0.25) is 14.4 Å². The summed E-state index contributed by atoms with van der Waals surface area (Å²) in [6, 6.07) is -1.75. The molecule has 0 radical (unpaired) electrons. The Kier molecular flexibility index (Phi) is 4.85. The molecule has 1 fully saturated rings. The fourth-order valence-corrected chi connectivity index (χ4v) is 1.77. The van der Waals surface area contributed by atoms with Crippen molar-refractivity contribution in [2.45, 2.75) is 39.0 Å². The Hall–Kier alpha value is -2.12. The molecule has 1 aliphatic heterocycles. The summed E-state index contributed by atoms with van der Waals surface area (Å²) in [5.41, 5.74) is 0. The minimum atomic E-state index is -0.984. The highest BCUT2D eigenvalue weighted by Crippen LogP contribution is 2.17. The van der Waals surface area contributed by atoms with Gasteiger partial charge in [0, 0.05) is 20.8 Å². The number of ether oxygens (including phenoxy) is 2. The lowest BCUT2D eigenvalue weighted by Gasteiger charge is -2.21. The molecule has 3 atom stereocenters. The van der Waals surface area contributed by atoms with Crippen LogP contribution >= 0.6 is 0 Å². The van der Waals surface area contributed by atoms with Crippen LogP contribution in [0.25, 0.3) is 0 Å². The highest BCUT2D eigenvalue weighted by Gasteiger charge is 2.46. The monoisotopic (exact) mass is 272 g/mol. The molecule has 0 aromatic rings. The molecule has 1 heterocycles. The predicted octanol–water partition coefficient (Wildman–Crippen LogP) is -1.52. The Balaban J connectivity index is 2.79. The van der Waals surface area contributed by atoms with Crippen LogP contribution in [0.2, 0.25) is 0 Å². The standard InChI is InChI=1S/C11H16N2O6/c1-5(14)12-9-8(4-18-7(3)16)19-11(17)10(9)13-6(2)15/h8-10H,4H2,1-3H3,(H,12,14)(H,13,15)/t8-,9+,10+/m1/s1. The van der Waals surface area contributed by atoms with Crippen molar-refractivity contribution in [2.24, 2.45) is 0 Å². The molecule has 0 unspecified atom stereocenters. The van der Waals surface area contributed by atoms with Gasteiger partial charge >= 0.3 is 11.9 Å². The summed E-state index contributed by atoms with van der Waals surface area (Å²) in [6.45, 7) is 3.56. The Labute approximate surface area is 109 Å². The largest absolute Gasteiger partial charge is 0.462 e. The van der Waals surface area contributed by atoms with Gasteiger partial charge in [0.05, 0.1) is 0 Å². The summed E-state index contributed by atoms with van der Waals surface area (Å²) >= 11 is 0. The van der Waals surface area contributed by atoms with Crippen LogP contribution in [0.5, 0.6) is 0 Å². The number of carbonyl (C=O) groups is 4. The van der Waals surface area contributed by atoms with Crippen LogP contribution in [0.3, 0.4) is 0 Å². The summed E-state index contributed by atoms with van der Waals surface area (Å²) in [7, 11) is 0. The van der Waals surface area contributed by atoms with Crippen molar-refractivity contribution in [3.05, 3.63) is 0 Å². The second-order valence-corrected chi connectivity index (χ2v) is 4.18. The summed E-state index contributed by atoms with van der Waals surface area (Å²) in [4.78, 5) is 44.5. The van der Waals surface area contributed by atoms with Crippen molar-refractivity contribution < 1.29 is 28.7 Å². The fourth-order valence-electron chi connectivity index (χ4n) is 1.77.